The Hall–Kier alpha value is -0.160. The minimum Gasteiger partial charge on any atom is -0.384 e. The summed E-state index contributed by atoms with van der Waals surface area (Å²) in [7, 11) is 1.72. The van der Waals surface area contributed by atoms with E-state index in [0.717, 1.165) is 39.6 Å². The van der Waals surface area contributed by atoms with Gasteiger partial charge in [-0.2, -0.15) is 0 Å². The molecule has 0 amide bonds. The first-order valence-electron chi connectivity index (χ1n) is 7.71. The van der Waals surface area contributed by atoms with Gasteiger partial charge in [0.2, 0.25) is 0 Å². The molecule has 0 fully saturated rings. The van der Waals surface area contributed by atoms with Crippen molar-refractivity contribution in [2.24, 2.45) is 17.8 Å². The third kappa shape index (κ3) is 12.9. The first-order valence-corrected chi connectivity index (χ1v) is 7.71. The van der Waals surface area contributed by atoms with Crippen molar-refractivity contribution >= 4 is 0 Å². The molecule has 0 aliphatic heterocycles. The lowest BCUT2D eigenvalue weighted by Crippen LogP contribution is -2.20. The first kappa shape index (κ1) is 19.8. The largest absolute Gasteiger partial charge is 0.384 e. The molecule has 0 spiro atoms. The van der Waals surface area contributed by atoms with E-state index in [1.165, 1.54) is 0 Å². The van der Waals surface area contributed by atoms with Crippen molar-refractivity contribution in [2.45, 2.75) is 40.7 Å². The third-order valence-electron chi connectivity index (χ3n) is 2.77. The van der Waals surface area contributed by atoms with E-state index < -0.39 is 0 Å². The standard InChI is InChI=1S/C16H34O4/c1-13(2)20-12-16(5)11-19-10-15(4)9-18-8-14(3)7-17-6/h13-16H,7-12H2,1-6H3. The molecule has 3 atom stereocenters. The van der Waals surface area contributed by atoms with Gasteiger partial charge in [0.1, 0.15) is 0 Å². The second-order valence-electron chi connectivity index (χ2n) is 6.23. The molecular weight excluding hydrogens is 256 g/mol. The van der Waals surface area contributed by atoms with Crippen LogP contribution in [0.4, 0.5) is 0 Å². The molecule has 0 aromatic rings. The average Bonchev–Trinajstić information content (AvgIpc) is 2.36. The van der Waals surface area contributed by atoms with E-state index >= 15 is 0 Å². The molecule has 20 heavy (non-hydrogen) atoms. The van der Waals surface area contributed by atoms with Gasteiger partial charge >= 0.3 is 0 Å². The van der Waals surface area contributed by atoms with Gasteiger partial charge in [0, 0.05) is 24.9 Å². The first-order chi connectivity index (χ1) is 9.45. The highest BCUT2D eigenvalue weighted by Gasteiger charge is 2.08. The summed E-state index contributed by atoms with van der Waals surface area (Å²) in [6.07, 6.45) is 0.291. The van der Waals surface area contributed by atoms with Gasteiger partial charge in [-0.1, -0.05) is 20.8 Å². The average molecular weight is 290 g/mol. The molecule has 0 radical (unpaired) electrons. The van der Waals surface area contributed by atoms with E-state index in [2.05, 4.69) is 34.6 Å². The summed E-state index contributed by atoms with van der Waals surface area (Å²) in [6, 6.07) is 0. The Labute approximate surface area is 125 Å². The Morgan fingerprint density at radius 2 is 1.00 bits per heavy atom. The molecule has 0 N–H and O–H groups in total. The molecule has 4 nitrogen and oxygen atoms in total. The van der Waals surface area contributed by atoms with Crippen molar-refractivity contribution in [2.75, 3.05) is 46.8 Å². The zero-order valence-electron chi connectivity index (χ0n) is 14.2. The highest BCUT2D eigenvalue weighted by atomic mass is 16.5. The van der Waals surface area contributed by atoms with Crippen molar-refractivity contribution in [1.29, 1.82) is 0 Å². The Morgan fingerprint density at radius 1 is 0.600 bits per heavy atom. The number of hydrogen-bond acceptors (Lipinski definition) is 4. The van der Waals surface area contributed by atoms with Crippen LogP contribution in [0.25, 0.3) is 0 Å². The highest BCUT2D eigenvalue weighted by Crippen LogP contribution is 2.04. The lowest BCUT2D eigenvalue weighted by molar-refractivity contribution is -0.00481. The second-order valence-corrected chi connectivity index (χ2v) is 6.23. The van der Waals surface area contributed by atoms with Gasteiger partial charge in [-0.3, -0.25) is 0 Å². The van der Waals surface area contributed by atoms with Crippen LogP contribution in [0.3, 0.4) is 0 Å². The summed E-state index contributed by atoms with van der Waals surface area (Å²) < 4.78 is 22.0. The molecule has 3 unspecified atom stereocenters. The second kappa shape index (κ2) is 12.6. The van der Waals surface area contributed by atoms with E-state index in [4.69, 9.17) is 18.9 Å². The summed E-state index contributed by atoms with van der Waals surface area (Å²) in [5.74, 6) is 1.30. The SMILES string of the molecule is COCC(C)COCC(C)COCC(C)COC(C)C. The van der Waals surface area contributed by atoms with Crippen LogP contribution in [0.15, 0.2) is 0 Å². The molecule has 0 saturated carbocycles. The van der Waals surface area contributed by atoms with Gasteiger partial charge in [0.05, 0.1) is 45.7 Å². The van der Waals surface area contributed by atoms with Gasteiger partial charge in [0.15, 0.2) is 0 Å². The number of methoxy groups -OCH3 is 1. The fraction of sp³-hybridized carbons (Fsp3) is 1.00. The van der Waals surface area contributed by atoms with Crippen molar-refractivity contribution in [3.63, 3.8) is 0 Å². The fourth-order valence-electron chi connectivity index (χ4n) is 1.73. The summed E-state index contributed by atoms with van der Waals surface area (Å²) in [6.45, 7) is 15.0. The van der Waals surface area contributed by atoms with Gasteiger partial charge in [-0.05, 0) is 13.8 Å². The van der Waals surface area contributed by atoms with E-state index in [1.807, 2.05) is 0 Å². The number of ether oxygens (including phenoxy) is 4. The van der Waals surface area contributed by atoms with Crippen molar-refractivity contribution in [1.82, 2.24) is 0 Å². The van der Waals surface area contributed by atoms with Crippen LogP contribution in [0.1, 0.15) is 34.6 Å². The van der Waals surface area contributed by atoms with Crippen LogP contribution in [0, 0.1) is 17.8 Å². The molecule has 0 aliphatic carbocycles. The number of rotatable bonds is 13. The third-order valence-corrected chi connectivity index (χ3v) is 2.77. The monoisotopic (exact) mass is 290 g/mol. The number of hydrogen-bond donors (Lipinski definition) is 0. The molecule has 0 aliphatic rings. The van der Waals surface area contributed by atoms with Crippen LogP contribution < -0.4 is 0 Å². The highest BCUT2D eigenvalue weighted by molar-refractivity contribution is 4.54. The maximum absolute atomic E-state index is 5.71. The van der Waals surface area contributed by atoms with Crippen molar-refractivity contribution < 1.29 is 18.9 Å². The normalized spacial score (nSPS) is 16.4. The maximum atomic E-state index is 5.71. The summed E-state index contributed by atoms with van der Waals surface area (Å²) >= 11 is 0. The smallest absolute Gasteiger partial charge is 0.0519 e. The van der Waals surface area contributed by atoms with Gasteiger partial charge in [-0.15, -0.1) is 0 Å². The Bertz CT molecular complexity index is 209. The van der Waals surface area contributed by atoms with E-state index in [1.54, 1.807) is 7.11 Å². The lowest BCUT2D eigenvalue weighted by atomic mass is 10.2. The van der Waals surface area contributed by atoms with E-state index in [9.17, 15) is 0 Å². The molecule has 0 bridgehead atoms. The van der Waals surface area contributed by atoms with Crippen LogP contribution in [0.5, 0.6) is 0 Å². The molecule has 0 heterocycles. The van der Waals surface area contributed by atoms with Gasteiger partial charge in [-0.25, -0.2) is 0 Å². The molecule has 0 saturated heterocycles. The molecule has 122 valence electrons. The lowest BCUT2D eigenvalue weighted by Gasteiger charge is -2.17. The molecule has 0 rings (SSSR count). The minimum absolute atomic E-state index is 0.291. The minimum atomic E-state index is 0.291. The fourth-order valence-corrected chi connectivity index (χ4v) is 1.73. The maximum Gasteiger partial charge on any atom is 0.0519 e. The van der Waals surface area contributed by atoms with Crippen LogP contribution in [0.2, 0.25) is 0 Å². The molecule has 0 aromatic heterocycles. The van der Waals surface area contributed by atoms with E-state index in [0.29, 0.717) is 23.9 Å². The summed E-state index contributed by atoms with van der Waals surface area (Å²) in [5, 5.41) is 0. The van der Waals surface area contributed by atoms with Gasteiger partial charge in [0.25, 0.3) is 0 Å². The molecule has 4 heteroatoms. The topological polar surface area (TPSA) is 36.9 Å². The molecular formula is C16H34O4. The van der Waals surface area contributed by atoms with Crippen LogP contribution >= 0.6 is 0 Å². The zero-order valence-corrected chi connectivity index (χ0v) is 14.2. The quantitative estimate of drug-likeness (QED) is 0.522. The Kier molecular flexibility index (Phi) is 12.5. The predicted molar refractivity (Wildman–Crippen MR) is 82.1 cm³/mol. The van der Waals surface area contributed by atoms with Crippen LogP contribution in [-0.2, 0) is 18.9 Å². The summed E-state index contributed by atoms with van der Waals surface area (Å²) in [4.78, 5) is 0. The van der Waals surface area contributed by atoms with Gasteiger partial charge < -0.3 is 18.9 Å². The predicted octanol–water partition coefficient (Wildman–Crippen LogP) is 3.00. The Morgan fingerprint density at radius 3 is 1.40 bits per heavy atom. The van der Waals surface area contributed by atoms with Crippen molar-refractivity contribution in [3.05, 3.63) is 0 Å². The summed E-state index contributed by atoms with van der Waals surface area (Å²) in [5.41, 5.74) is 0. The zero-order chi connectivity index (χ0) is 15.4. The van der Waals surface area contributed by atoms with Crippen molar-refractivity contribution in [3.8, 4) is 0 Å². The molecule has 0 aromatic carbocycles. The van der Waals surface area contributed by atoms with Crippen LogP contribution in [-0.4, -0.2) is 52.9 Å². The Balaban J connectivity index is 3.46. The van der Waals surface area contributed by atoms with E-state index in [-0.39, 0.29) is 0 Å².